The van der Waals surface area contributed by atoms with Gasteiger partial charge in [0.25, 0.3) is 0 Å². The molecule has 1 heteroatoms. The zero-order valence-electron chi connectivity index (χ0n) is 10.3. The van der Waals surface area contributed by atoms with Crippen LogP contribution in [0, 0.1) is 6.92 Å². The molecule has 1 aromatic rings. The van der Waals surface area contributed by atoms with Crippen LogP contribution in [0.15, 0.2) is 6.07 Å². The number of pyridine rings is 1. The van der Waals surface area contributed by atoms with Gasteiger partial charge in [0.15, 0.2) is 0 Å². The molecule has 0 bridgehead atoms. The van der Waals surface area contributed by atoms with Gasteiger partial charge in [-0.15, -0.1) is 0 Å². The Morgan fingerprint density at radius 3 is 2.53 bits per heavy atom. The quantitative estimate of drug-likeness (QED) is 0.682. The van der Waals surface area contributed by atoms with E-state index < -0.39 is 0 Å². The molecule has 0 atom stereocenters. The maximum absolute atomic E-state index is 4.54. The summed E-state index contributed by atoms with van der Waals surface area (Å²) in [6.45, 7) is 8.28. The average Bonchev–Trinajstić information content (AvgIpc) is 2.30. The fraction of sp³-hybridized carbons (Fsp3) is 0.500. The van der Waals surface area contributed by atoms with Gasteiger partial charge in [0.1, 0.15) is 0 Å². The molecule has 0 aliphatic heterocycles. The Balaban J connectivity index is 0.000000531. The van der Waals surface area contributed by atoms with Crippen molar-refractivity contribution in [1.29, 1.82) is 0 Å². The molecule has 15 heavy (non-hydrogen) atoms. The molecule has 82 valence electrons. The van der Waals surface area contributed by atoms with Gasteiger partial charge < -0.3 is 0 Å². The van der Waals surface area contributed by atoms with Gasteiger partial charge in [-0.2, -0.15) is 0 Å². The maximum atomic E-state index is 4.54. The molecule has 0 spiro atoms. The van der Waals surface area contributed by atoms with Crippen molar-refractivity contribution < 1.29 is 0 Å². The standard InChI is InChI=1S/C12H15N.C2H6/c1-3-10-8-9(2)13-12-7-5-4-6-11(10)12;1-2/h6-8H,3-5H2,1-2H3;1-2H3. The van der Waals surface area contributed by atoms with E-state index in [-0.39, 0.29) is 0 Å². The van der Waals surface area contributed by atoms with Crippen molar-refractivity contribution >= 4 is 12.2 Å². The van der Waals surface area contributed by atoms with Crippen LogP contribution in [0.4, 0.5) is 0 Å². The SMILES string of the molecule is CC.CCc1cc(C)nc2c1=CCCC=2. The van der Waals surface area contributed by atoms with Crippen molar-refractivity contribution in [2.75, 3.05) is 0 Å². The Morgan fingerprint density at radius 2 is 1.87 bits per heavy atom. The van der Waals surface area contributed by atoms with Crippen LogP contribution in [0.2, 0.25) is 0 Å². The summed E-state index contributed by atoms with van der Waals surface area (Å²) in [5.41, 5.74) is 2.58. The molecule has 1 aliphatic rings. The molecule has 0 amide bonds. The predicted molar refractivity (Wildman–Crippen MR) is 67.1 cm³/mol. The van der Waals surface area contributed by atoms with Gasteiger partial charge in [0.05, 0.1) is 5.35 Å². The fourth-order valence-electron chi connectivity index (χ4n) is 1.91. The van der Waals surface area contributed by atoms with Gasteiger partial charge in [0.2, 0.25) is 0 Å². The summed E-state index contributed by atoms with van der Waals surface area (Å²) in [5, 5.41) is 2.57. The number of hydrogen-bond donors (Lipinski definition) is 0. The first-order chi connectivity index (χ1) is 7.31. The van der Waals surface area contributed by atoms with Gasteiger partial charge in [-0.1, -0.05) is 32.9 Å². The third-order valence-corrected chi connectivity index (χ3v) is 2.54. The molecular formula is C14H21N. The Kier molecular flexibility index (Phi) is 4.54. The Bertz CT molecular complexity index is 429. The van der Waals surface area contributed by atoms with E-state index in [0.29, 0.717) is 0 Å². The van der Waals surface area contributed by atoms with Gasteiger partial charge in [-0.3, -0.25) is 4.98 Å². The molecule has 0 fully saturated rings. The van der Waals surface area contributed by atoms with Gasteiger partial charge in [0, 0.05) is 5.69 Å². The smallest absolute Gasteiger partial charge is 0.0665 e. The lowest BCUT2D eigenvalue weighted by Gasteiger charge is -2.05. The van der Waals surface area contributed by atoms with Crippen LogP contribution in [-0.2, 0) is 6.42 Å². The Hall–Kier alpha value is -1.11. The highest BCUT2D eigenvalue weighted by atomic mass is 14.7. The van der Waals surface area contributed by atoms with Crippen LogP contribution in [-0.4, -0.2) is 4.98 Å². The lowest BCUT2D eigenvalue weighted by atomic mass is 10.0. The van der Waals surface area contributed by atoms with E-state index >= 15 is 0 Å². The van der Waals surface area contributed by atoms with E-state index in [1.54, 1.807) is 0 Å². The normalized spacial score (nSPS) is 12.8. The molecule has 0 N–H and O–H groups in total. The first-order valence-corrected chi connectivity index (χ1v) is 5.98. The highest BCUT2D eigenvalue weighted by Gasteiger charge is 2.00. The van der Waals surface area contributed by atoms with Crippen LogP contribution in [0.1, 0.15) is 44.9 Å². The van der Waals surface area contributed by atoms with Crippen LogP contribution >= 0.6 is 0 Å². The first kappa shape index (κ1) is 12.0. The number of fused-ring (bicyclic) bond motifs is 1. The molecular weight excluding hydrogens is 182 g/mol. The molecule has 2 rings (SSSR count). The average molecular weight is 203 g/mol. The van der Waals surface area contributed by atoms with E-state index in [1.165, 1.54) is 22.6 Å². The van der Waals surface area contributed by atoms with Crippen LogP contribution in [0.25, 0.3) is 12.2 Å². The number of hydrogen-bond acceptors (Lipinski definition) is 1. The van der Waals surface area contributed by atoms with Crippen LogP contribution in [0.3, 0.4) is 0 Å². The summed E-state index contributed by atoms with van der Waals surface area (Å²) in [7, 11) is 0. The lowest BCUT2D eigenvalue weighted by molar-refractivity contribution is 0.999. The minimum absolute atomic E-state index is 1.11. The Labute approximate surface area is 92.6 Å². The summed E-state index contributed by atoms with van der Waals surface area (Å²) in [6.07, 6.45) is 8.00. The molecule has 0 saturated carbocycles. The zero-order valence-corrected chi connectivity index (χ0v) is 10.3. The molecule has 0 radical (unpaired) electrons. The van der Waals surface area contributed by atoms with Gasteiger partial charge in [-0.25, -0.2) is 0 Å². The largest absolute Gasteiger partial charge is 0.253 e. The number of aryl methyl sites for hydroxylation is 2. The molecule has 1 aromatic heterocycles. The third-order valence-electron chi connectivity index (χ3n) is 2.54. The van der Waals surface area contributed by atoms with Crippen molar-refractivity contribution in [3.8, 4) is 0 Å². The monoisotopic (exact) mass is 203 g/mol. The number of aromatic nitrogens is 1. The molecule has 1 heterocycles. The second-order valence-corrected chi connectivity index (χ2v) is 3.56. The summed E-state index contributed by atoms with van der Waals surface area (Å²) in [5.74, 6) is 0. The predicted octanol–water partition coefficient (Wildman–Crippen LogP) is 2.33. The zero-order chi connectivity index (χ0) is 11.3. The van der Waals surface area contributed by atoms with Gasteiger partial charge in [-0.05, 0) is 43.0 Å². The second kappa shape index (κ2) is 5.69. The van der Waals surface area contributed by atoms with Crippen molar-refractivity contribution in [2.45, 2.75) is 47.0 Å². The molecule has 0 saturated heterocycles. The third kappa shape index (κ3) is 2.68. The lowest BCUT2D eigenvalue weighted by Crippen LogP contribution is -2.33. The Morgan fingerprint density at radius 1 is 1.20 bits per heavy atom. The van der Waals surface area contributed by atoms with E-state index in [0.717, 1.165) is 18.5 Å². The number of nitrogens with zero attached hydrogens (tertiary/aromatic N) is 1. The highest BCUT2D eigenvalue weighted by molar-refractivity contribution is 5.39. The fourth-order valence-corrected chi connectivity index (χ4v) is 1.91. The van der Waals surface area contributed by atoms with Crippen molar-refractivity contribution in [3.05, 3.63) is 27.9 Å². The molecule has 0 unspecified atom stereocenters. The summed E-state index contributed by atoms with van der Waals surface area (Å²) in [4.78, 5) is 4.54. The van der Waals surface area contributed by atoms with E-state index in [2.05, 4.69) is 37.0 Å². The van der Waals surface area contributed by atoms with Gasteiger partial charge >= 0.3 is 0 Å². The highest BCUT2D eigenvalue weighted by Crippen LogP contribution is 1.99. The van der Waals surface area contributed by atoms with Crippen LogP contribution in [0.5, 0.6) is 0 Å². The second-order valence-electron chi connectivity index (χ2n) is 3.56. The van der Waals surface area contributed by atoms with Crippen molar-refractivity contribution in [1.82, 2.24) is 4.98 Å². The van der Waals surface area contributed by atoms with E-state index in [9.17, 15) is 0 Å². The minimum Gasteiger partial charge on any atom is -0.253 e. The summed E-state index contributed by atoms with van der Waals surface area (Å²) >= 11 is 0. The van der Waals surface area contributed by atoms with Crippen LogP contribution < -0.4 is 10.6 Å². The molecule has 1 nitrogen and oxygen atoms in total. The maximum Gasteiger partial charge on any atom is 0.0665 e. The molecule has 1 aliphatic carbocycles. The van der Waals surface area contributed by atoms with E-state index in [4.69, 9.17) is 0 Å². The first-order valence-electron chi connectivity index (χ1n) is 5.98. The summed E-state index contributed by atoms with van der Waals surface area (Å²) in [6, 6.07) is 2.20. The summed E-state index contributed by atoms with van der Waals surface area (Å²) < 4.78 is 0. The molecule has 0 aromatic carbocycles. The minimum atomic E-state index is 1.11. The topological polar surface area (TPSA) is 12.9 Å². The van der Waals surface area contributed by atoms with Crippen molar-refractivity contribution in [2.24, 2.45) is 0 Å². The van der Waals surface area contributed by atoms with Crippen molar-refractivity contribution in [3.63, 3.8) is 0 Å². The van der Waals surface area contributed by atoms with E-state index in [1.807, 2.05) is 13.8 Å². The number of rotatable bonds is 1.